The van der Waals surface area contributed by atoms with Crippen molar-refractivity contribution >= 4 is 41.8 Å². The standard InChI is InChI=1S/C3H5Br.In.3H/c1-2-3-4;;;;/h2H,1,3H2;;;;. The second-order valence-corrected chi connectivity index (χ2v) is 1.09. The van der Waals surface area contributed by atoms with Gasteiger partial charge in [-0.1, -0.05) is 22.0 Å². The van der Waals surface area contributed by atoms with Crippen molar-refractivity contribution in [3.8, 4) is 0 Å². The molecule has 2 heteroatoms. The van der Waals surface area contributed by atoms with E-state index in [1.165, 1.54) is 0 Å². The average Bonchev–Trinajstić information content (AvgIpc) is 1.37. The summed E-state index contributed by atoms with van der Waals surface area (Å²) in [5.74, 6) is 0. The van der Waals surface area contributed by atoms with Gasteiger partial charge in [0.15, 0.2) is 0 Å². The van der Waals surface area contributed by atoms with E-state index in [0.717, 1.165) is 5.33 Å². The summed E-state index contributed by atoms with van der Waals surface area (Å²) < 4.78 is 0. The van der Waals surface area contributed by atoms with Gasteiger partial charge >= 0.3 is 25.8 Å². The second kappa shape index (κ2) is 8.92. The first-order valence-corrected chi connectivity index (χ1v) is 2.21. The summed E-state index contributed by atoms with van der Waals surface area (Å²) in [6.45, 7) is 3.43. The van der Waals surface area contributed by atoms with Crippen LogP contribution in [0, 0.1) is 0 Å². The number of rotatable bonds is 1. The Morgan fingerprint density at radius 1 is 1.80 bits per heavy atom. The molecule has 0 N–H and O–H groups in total. The molecule has 0 amide bonds. The van der Waals surface area contributed by atoms with Crippen LogP contribution in [-0.4, -0.2) is 31.2 Å². The molecule has 0 bridgehead atoms. The van der Waals surface area contributed by atoms with Gasteiger partial charge in [0.25, 0.3) is 0 Å². The fourth-order valence-corrected chi connectivity index (χ4v) is 0. The van der Waals surface area contributed by atoms with Gasteiger partial charge in [-0.2, -0.15) is 0 Å². The Labute approximate surface area is 59.6 Å². The van der Waals surface area contributed by atoms with Gasteiger partial charge in [-0.05, 0) is 0 Å². The molecule has 0 heterocycles. The monoisotopic (exact) mass is 238 g/mol. The average molecular weight is 239 g/mol. The van der Waals surface area contributed by atoms with Crippen LogP contribution >= 0.6 is 15.9 Å². The zero-order chi connectivity index (χ0) is 3.41. The predicted octanol–water partition coefficient (Wildman–Crippen LogP) is 0.383. The van der Waals surface area contributed by atoms with E-state index in [1.54, 1.807) is 6.08 Å². The molecule has 0 fully saturated rings. The topological polar surface area (TPSA) is 0 Å². The number of hydrogen-bond acceptors (Lipinski definition) is 0. The third-order valence-electron chi connectivity index (χ3n) is 0.109. The number of hydrogen-bond donors (Lipinski definition) is 0. The van der Waals surface area contributed by atoms with Crippen LogP contribution in [-0.2, 0) is 0 Å². The molecular formula is C3H8BrIn. The van der Waals surface area contributed by atoms with Gasteiger partial charge in [-0.25, -0.2) is 0 Å². The molecule has 0 saturated heterocycles. The number of alkyl halides is 1. The fourth-order valence-electron chi connectivity index (χ4n) is 0. The molecular weight excluding hydrogens is 231 g/mol. The molecule has 0 rings (SSSR count). The Balaban J connectivity index is 0. The summed E-state index contributed by atoms with van der Waals surface area (Å²) in [6.07, 6.45) is 1.79. The van der Waals surface area contributed by atoms with Crippen LogP contribution in [0.3, 0.4) is 0 Å². The molecule has 5 heavy (non-hydrogen) atoms. The summed E-state index contributed by atoms with van der Waals surface area (Å²) in [4.78, 5) is 0. The van der Waals surface area contributed by atoms with Crippen molar-refractivity contribution in [3.63, 3.8) is 0 Å². The van der Waals surface area contributed by atoms with Crippen LogP contribution in [0.25, 0.3) is 0 Å². The third kappa shape index (κ3) is 11.1. The van der Waals surface area contributed by atoms with Gasteiger partial charge in [0.1, 0.15) is 0 Å². The molecule has 0 aromatic heterocycles. The minimum absolute atomic E-state index is 0. The van der Waals surface area contributed by atoms with Crippen LogP contribution in [0.5, 0.6) is 0 Å². The van der Waals surface area contributed by atoms with Crippen molar-refractivity contribution in [2.45, 2.75) is 0 Å². The SMILES string of the molecule is C=CCBr.[InH3]. The maximum absolute atomic E-state index is 3.43. The van der Waals surface area contributed by atoms with Gasteiger partial charge in [0.2, 0.25) is 0 Å². The van der Waals surface area contributed by atoms with E-state index >= 15 is 0 Å². The quantitative estimate of drug-likeness (QED) is 0.458. The van der Waals surface area contributed by atoms with Crippen molar-refractivity contribution in [2.75, 3.05) is 5.33 Å². The van der Waals surface area contributed by atoms with E-state index in [0.29, 0.717) is 0 Å². The number of allylic oxidation sites excluding steroid dienone is 1. The summed E-state index contributed by atoms with van der Waals surface area (Å²) in [5, 5.41) is 0.896. The van der Waals surface area contributed by atoms with Crippen LogP contribution < -0.4 is 0 Å². The molecule has 0 nitrogen and oxygen atoms in total. The van der Waals surface area contributed by atoms with E-state index in [2.05, 4.69) is 22.5 Å². The molecule has 0 aliphatic rings. The van der Waals surface area contributed by atoms with Gasteiger partial charge < -0.3 is 0 Å². The Hall–Kier alpha value is 1.09. The van der Waals surface area contributed by atoms with Crippen molar-refractivity contribution in [2.24, 2.45) is 0 Å². The van der Waals surface area contributed by atoms with E-state index in [9.17, 15) is 0 Å². The first-order valence-electron chi connectivity index (χ1n) is 1.08. The Morgan fingerprint density at radius 2 is 2.00 bits per heavy atom. The van der Waals surface area contributed by atoms with E-state index in [-0.39, 0.29) is 25.8 Å². The third-order valence-corrected chi connectivity index (χ3v) is 0.567. The molecule has 0 aliphatic heterocycles. The first-order chi connectivity index (χ1) is 1.91. The van der Waals surface area contributed by atoms with Crippen molar-refractivity contribution in [3.05, 3.63) is 12.7 Å². The molecule has 0 aliphatic carbocycles. The van der Waals surface area contributed by atoms with Crippen LogP contribution in [0.1, 0.15) is 0 Å². The van der Waals surface area contributed by atoms with Gasteiger partial charge in [0, 0.05) is 5.33 Å². The molecule has 0 unspecified atom stereocenters. The van der Waals surface area contributed by atoms with Crippen molar-refractivity contribution in [1.82, 2.24) is 0 Å². The minimum atomic E-state index is 0. The number of halogens is 1. The molecule has 0 saturated carbocycles. The summed E-state index contributed by atoms with van der Waals surface area (Å²) >= 11 is 3.13. The molecule has 0 radical (unpaired) electrons. The molecule has 0 atom stereocenters. The van der Waals surface area contributed by atoms with Crippen molar-refractivity contribution < 1.29 is 0 Å². The zero-order valence-electron chi connectivity index (χ0n) is 2.37. The predicted molar refractivity (Wildman–Crippen MR) is 33.9 cm³/mol. The fraction of sp³-hybridized carbons (Fsp3) is 0.333. The van der Waals surface area contributed by atoms with E-state index in [4.69, 9.17) is 0 Å². The summed E-state index contributed by atoms with van der Waals surface area (Å²) in [5.41, 5.74) is 0. The van der Waals surface area contributed by atoms with Gasteiger partial charge in [-0.3, -0.25) is 0 Å². The van der Waals surface area contributed by atoms with Crippen LogP contribution in [0.4, 0.5) is 0 Å². The zero-order valence-corrected chi connectivity index (χ0v) is 3.96. The first kappa shape index (κ1) is 9.43. The summed E-state index contributed by atoms with van der Waals surface area (Å²) in [6, 6.07) is 0. The van der Waals surface area contributed by atoms with E-state index < -0.39 is 0 Å². The normalized spacial score (nSPS) is 5.00. The maximum atomic E-state index is 3.43. The Morgan fingerprint density at radius 3 is 2.00 bits per heavy atom. The molecule has 0 aromatic carbocycles. The van der Waals surface area contributed by atoms with Gasteiger partial charge in [-0.15, -0.1) is 6.58 Å². The van der Waals surface area contributed by atoms with Crippen LogP contribution in [0.15, 0.2) is 12.7 Å². The summed E-state index contributed by atoms with van der Waals surface area (Å²) in [7, 11) is 0. The van der Waals surface area contributed by atoms with Crippen molar-refractivity contribution in [1.29, 1.82) is 0 Å². The molecule has 30 valence electrons. The molecule has 0 spiro atoms. The van der Waals surface area contributed by atoms with Gasteiger partial charge in [0.05, 0.1) is 0 Å². The molecule has 0 aromatic rings. The van der Waals surface area contributed by atoms with E-state index in [1.807, 2.05) is 0 Å². The second-order valence-electron chi connectivity index (χ2n) is 0.443. The Kier molecular flexibility index (Phi) is 16.8. The Bertz CT molecular complexity index is 20.9. The van der Waals surface area contributed by atoms with Crippen LogP contribution in [0.2, 0.25) is 0 Å².